The van der Waals surface area contributed by atoms with Crippen LogP contribution in [0, 0.1) is 17.2 Å². The van der Waals surface area contributed by atoms with Crippen LogP contribution in [0.4, 0.5) is 8.78 Å². The highest BCUT2D eigenvalue weighted by Gasteiger charge is 2.28. The molecule has 0 saturated heterocycles. The van der Waals surface area contributed by atoms with E-state index in [-0.39, 0.29) is 34.7 Å². The zero-order valence-corrected chi connectivity index (χ0v) is 15.9. The van der Waals surface area contributed by atoms with Crippen molar-refractivity contribution in [3.05, 3.63) is 41.7 Å². The molecule has 148 valence electrons. The molecule has 0 spiro atoms. The van der Waals surface area contributed by atoms with Crippen molar-refractivity contribution in [2.75, 3.05) is 12.9 Å². The summed E-state index contributed by atoms with van der Waals surface area (Å²) in [6, 6.07) is 4.34. The molecule has 7 nitrogen and oxygen atoms in total. The van der Waals surface area contributed by atoms with Crippen molar-refractivity contribution in [2.45, 2.75) is 30.6 Å². The van der Waals surface area contributed by atoms with Gasteiger partial charge in [0.1, 0.15) is 11.6 Å². The average molecular weight is 408 g/mol. The van der Waals surface area contributed by atoms with Crippen molar-refractivity contribution in [3.63, 3.8) is 0 Å². The maximum absolute atomic E-state index is 13.3. The molecule has 0 amide bonds. The average Bonchev–Trinajstić information content (AvgIpc) is 3.22. The van der Waals surface area contributed by atoms with E-state index in [2.05, 4.69) is 16.7 Å². The van der Waals surface area contributed by atoms with Crippen LogP contribution >= 0.6 is 0 Å². The van der Waals surface area contributed by atoms with Gasteiger partial charge in [0.2, 0.25) is 5.88 Å². The Kier molecular flexibility index (Phi) is 5.47. The van der Waals surface area contributed by atoms with Gasteiger partial charge in [0.15, 0.2) is 21.3 Å². The van der Waals surface area contributed by atoms with Crippen LogP contribution in [0.5, 0.6) is 5.88 Å². The van der Waals surface area contributed by atoms with Crippen LogP contribution in [-0.4, -0.2) is 36.0 Å². The van der Waals surface area contributed by atoms with Gasteiger partial charge in [-0.05, 0) is 37.3 Å². The van der Waals surface area contributed by atoms with Crippen LogP contribution < -0.4 is 4.74 Å². The van der Waals surface area contributed by atoms with Crippen molar-refractivity contribution < 1.29 is 21.9 Å². The number of pyridine rings is 1. The first-order valence-corrected chi connectivity index (χ1v) is 10.4. The number of hydrogen-bond donors (Lipinski definition) is 0. The number of allylic oxidation sites excluding steroid dienone is 1. The molecule has 1 atom stereocenters. The molecule has 1 fully saturated rings. The lowest BCUT2D eigenvalue weighted by molar-refractivity contribution is 0.145. The zero-order valence-electron chi connectivity index (χ0n) is 15.1. The van der Waals surface area contributed by atoms with Crippen molar-refractivity contribution in [2.24, 2.45) is 5.92 Å². The van der Waals surface area contributed by atoms with E-state index in [0.717, 1.165) is 42.0 Å². The Hall–Kier alpha value is -2.80. The fraction of sp³-hybridized carbons (Fsp3) is 0.389. The van der Waals surface area contributed by atoms with Crippen molar-refractivity contribution in [1.82, 2.24) is 14.8 Å². The molecule has 0 aromatic carbocycles. The molecule has 3 rings (SSSR count). The predicted molar refractivity (Wildman–Crippen MR) is 96.1 cm³/mol. The molecule has 1 aliphatic carbocycles. The van der Waals surface area contributed by atoms with Gasteiger partial charge in [-0.25, -0.2) is 22.2 Å². The summed E-state index contributed by atoms with van der Waals surface area (Å²) < 4.78 is 56.6. The second-order valence-corrected chi connectivity index (χ2v) is 8.70. The molecule has 1 unspecified atom stereocenters. The topological polar surface area (TPSA) is 97.9 Å². The molecular weight excluding hydrogens is 390 g/mol. The number of aromatic nitrogens is 3. The Labute approximate surface area is 161 Å². The highest BCUT2D eigenvalue weighted by Crippen LogP contribution is 2.33. The summed E-state index contributed by atoms with van der Waals surface area (Å²) in [5.74, 6) is 0.120. The minimum Gasteiger partial charge on any atom is -0.476 e. The molecule has 0 bridgehead atoms. The number of hydrogen-bond acceptors (Lipinski definition) is 6. The lowest BCUT2D eigenvalue weighted by atomic mass is 10.1. The van der Waals surface area contributed by atoms with E-state index in [1.54, 1.807) is 6.07 Å². The van der Waals surface area contributed by atoms with Crippen molar-refractivity contribution in [1.29, 1.82) is 5.26 Å². The monoisotopic (exact) mass is 408 g/mol. The Balaban J connectivity index is 1.99. The molecule has 2 heterocycles. The predicted octanol–water partition coefficient (Wildman–Crippen LogP) is 3.22. The Morgan fingerprint density at radius 3 is 2.71 bits per heavy atom. The minimum atomic E-state index is -3.46. The van der Waals surface area contributed by atoms with Gasteiger partial charge in [-0.15, -0.1) is 0 Å². The molecular formula is C18H18F2N4O3S. The van der Waals surface area contributed by atoms with Crippen LogP contribution in [-0.2, 0) is 9.84 Å². The van der Waals surface area contributed by atoms with Gasteiger partial charge in [-0.2, -0.15) is 15.0 Å². The molecule has 1 saturated carbocycles. The highest BCUT2D eigenvalue weighted by atomic mass is 32.2. The smallest absolute Gasteiger partial charge is 0.283 e. The largest absolute Gasteiger partial charge is 0.476 e. The lowest BCUT2D eigenvalue weighted by Gasteiger charge is -2.13. The highest BCUT2D eigenvalue weighted by molar-refractivity contribution is 7.90. The summed E-state index contributed by atoms with van der Waals surface area (Å²) in [5, 5.41) is 13.2. The number of nitrogens with zero attached hydrogens (tertiary/aromatic N) is 4. The fourth-order valence-electron chi connectivity index (χ4n) is 3.04. The van der Waals surface area contributed by atoms with E-state index in [4.69, 9.17) is 4.74 Å². The Morgan fingerprint density at radius 2 is 2.21 bits per heavy atom. The van der Waals surface area contributed by atoms with Gasteiger partial charge in [0.05, 0.1) is 11.5 Å². The van der Waals surface area contributed by atoms with E-state index in [1.165, 1.54) is 12.1 Å². The van der Waals surface area contributed by atoms with Crippen molar-refractivity contribution in [3.8, 4) is 17.8 Å². The van der Waals surface area contributed by atoms with Gasteiger partial charge < -0.3 is 4.74 Å². The summed E-state index contributed by atoms with van der Waals surface area (Å²) >= 11 is 0. The third-order valence-electron chi connectivity index (χ3n) is 4.49. The number of alkyl halides is 2. The molecule has 0 aliphatic heterocycles. The van der Waals surface area contributed by atoms with E-state index < -0.39 is 22.0 Å². The second kappa shape index (κ2) is 7.67. The van der Waals surface area contributed by atoms with Crippen LogP contribution in [0.2, 0.25) is 0 Å². The number of rotatable bonds is 6. The van der Waals surface area contributed by atoms with Gasteiger partial charge >= 0.3 is 0 Å². The summed E-state index contributed by atoms with van der Waals surface area (Å²) in [4.78, 5) is 3.97. The maximum Gasteiger partial charge on any atom is 0.283 e. The van der Waals surface area contributed by atoms with Gasteiger partial charge in [0.25, 0.3) is 6.43 Å². The summed E-state index contributed by atoms with van der Waals surface area (Å²) in [6.45, 7) is 4.16. The van der Waals surface area contributed by atoms with Crippen LogP contribution in [0.1, 0.15) is 36.9 Å². The van der Waals surface area contributed by atoms with Gasteiger partial charge in [-0.3, -0.25) is 0 Å². The van der Waals surface area contributed by atoms with E-state index in [1.807, 2.05) is 0 Å². The molecule has 1 aliphatic rings. The van der Waals surface area contributed by atoms with Gasteiger partial charge in [-0.1, -0.05) is 12.2 Å². The molecule has 28 heavy (non-hydrogen) atoms. The van der Waals surface area contributed by atoms with E-state index in [0.29, 0.717) is 0 Å². The first kappa shape index (κ1) is 19.9. The molecule has 2 aromatic heterocycles. The molecule has 0 N–H and O–H groups in total. The van der Waals surface area contributed by atoms with E-state index >= 15 is 0 Å². The molecule has 10 heteroatoms. The zero-order chi connectivity index (χ0) is 20.5. The third-order valence-corrected chi connectivity index (χ3v) is 5.59. The fourth-order valence-corrected chi connectivity index (χ4v) is 3.60. The normalized spacial score (nSPS) is 17.1. The summed E-state index contributed by atoms with van der Waals surface area (Å²) in [7, 11) is -3.46. The standard InChI is InChI=1S/C18H18F2N4O3S/c1-11-3-4-12(7-11)10-27-18-14(8-21)16(17(19)20)23-24(18)15-6-5-13(9-22-15)28(2,25)26/h5-6,9,12,17H,1,3-4,7,10H2,2H3. The third kappa shape index (κ3) is 4.04. The number of sulfone groups is 1. The number of nitriles is 1. The summed E-state index contributed by atoms with van der Waals surface area (Å²) in [5.41, 5.74) is 0.0389. The molecule has 0 radical (unpaired) electrons. The first-order valence-electron chi connectivity index (χ1n) is 8.47. The van der Waals surface area contributed by atoms with Crippen molar-refractivity contribution >= 4 is 9.84 Å². The van der Waals surface area contributed by atoms with Crippen LogP contribution in [0.15, 0.2) is 35.4 Å². The maximum atomic E-state index is 13.3. The lowest BCUT2D eigenvalue weighted by Crippen LogP contribution is -2.12. The first-order chi connectivity index (χ1) is 13.2. The Morgan fingerprint density at radius 1 is 1.46 bits per heavy atom. The number of halogens is 2. The Bertz CT molecular complexity index is 1040. The molecule has 2 aromatic rings. The van der Waals surface area contributed by atoms with Crippen LogP contribution in [0.3, 0.4) is 0 Å². The second-order valence-electron chi connectivity index (χ2n) is 6.68. The van der Waals surface area contributed by atoms with Gasteiger partial charge in [0, 0.05) is 12.5 Å². The SMILES string of the molecule is C=C1CCC(COc2c(C#N)c(C(F)F)nn2-c2ccc(S(C)(=O)=O)cn2)C1. The minimum absolute atomic E-state index is 0.0232. The number of ether oxygens (including phenoxy) is 1. The quantitative estimate of drug-likeness (QED) is 0.681. The van der Waals surface area contributed by atoms with Crippen LogP contribution in [0.25, 0.3) is 5.82 Å². The van der Waals surface area contributed by atoms with E-state index in [9.17, 15) is 22.5 Å². The summed E-state index contributed by atoms with van der Waals surface area (Å²) in [6.07, 6.45) is 1.70.